The Labute approximate surface area is 68.5 Å². The molecule has 0 spiro atoms. The molecule has 0 saturated carbocycles. The van der Waals surface area contributed by atoms with Crippen LogP contribution in [0.25, 0.3) is 0 Å². The van der Waals surface area contributed by atoms with Gasteiger partial charge in [-0.05, 0) is 6.92 Å². The molecule has 0 aliphatic carbocycles. The molecule has 0 atom stereocenters. The van der Waals surface area contributed by atoms with Gasteiger partial charge < -0.3 is 0 Å². The van der Waals surface area contributed by atoms with Crippen LogP contribution in [0.3, 0.4) is 0 Å². The van der Waals surface area contributed by atoms with Crippen molar-refractivity contribution in [2.45, 2.75) is 20.3 Å². The zero-order valence-electron chi connectivity index (χ0n) is 6.80. The van der Waals surface area contributed by atoms with E-state index >= 15 is 0 Å². The molecule has 0 radical (unpaired) electrons. The summed E-state index contributed by atoms with van der Waals surface area (Å²) in [6.07, 6.45) is 0.656. The monoisotopic (exact) mass is 177 g/mol. The Morgan fingerprint density at radius 3 is 2.33 bits per heavy atom. The molecule has 0 N–H and O–H groups in total. The Hall–Kier alpha value is -1.26. The van der Waals surface area contributed by atoms with Gasteiger partial charge in [-0.25, -0.2) is 8.78 Å². The Bertz CT molecular complexity index is 242. The van der Waals surface area contributed by atoms with Crippen LogP contribution in [0.5, 0.6) is 0 Å². The lowest BCUT2D eigenvalue weighted by Crippen LogP contribution is -1.97. The number of rotatable bonds is 3. The van der Waals surface area contributed by atoms with Crippen molar-refractivity contribution in [2.24, 2.45) is 0 Å². The summed E-state index contributed by atoms with van der Waals surface area (Å²) in [7, 11) is 0. The Morgan fingerprint density at radius 1 is 1.58 bits per heavy atom. The first kappa shape index (κ1) is 10.7. The molecule has 0 aromatic heterocycles. The van der Waals surface area contributed by atoms with E-state index in [-0.39, 0.29) is 12.1 Å². The third kappa shape index (κ3) is 3.23. The molecule has 0 amide bonds. The minimum absolute atomic E-state index is 0.0632. The van der Waals surface area contributed by atoms with Crippen LogP contribution in [-0.2, 0) is 0 Å². The van der Waals surface area contributed by atoms with Gasteiger partial charge in [0.05, 0.1) is 4.92 Å². The summed E-state index contributed by atoms with van der Waals surface area (Å²) in [5.74, 6) is -2.24. The summed E-state index contributed by atoms with van der Waals surface area (Å²) < 4.78 is 24.5. The van der Waals surface area contributed by atoms with Crippen molar-refractivity contribution in [1.82, 2.24) is 0 Å². The van der Waals surface area contributed by atoms with Gasteiger partial charge in [0.2, 0.25) is 5.70 Å². The molecular formula is C7H9F2NO2. The molecule has 0 aromatic rings. The highest BCUT2D eigenvalue weighted by atomic mass is 19.2. The summed E-state index contributed by atoms with van der Waals surface area (Å²) in [4.78, 5) is 9.38. The number of hydrogen-bond donors (Lipinski definition) is 0. The van der Waals surface area contributed by atoms with E-state index in [9.17, 15) is 18.9 Å². The second-order valence-corrected chi connectivity index (χ2v) is 2.13. The van der Waals surface area contributed by atoms with Crippen LogP contribution in [0.4, 0.5) is 8.78 Å². The van der Waals surface area contributed by atoms with E-state index in [0.29, 0.717) is 6.08 Å². The van der Waals surface area contributed by atoms with Gasteiger partial charge in [0.1, 0.15) is 5.83 Å². The summed E-state index contributed by atoms with van der Waals surface area (Å²) in [5, 5.41) is 10.1. The molecule has 0 fully saturated rings. The van der Waals surface area contributed by atoms with Crippen LogP contribution in [0.15, 0.2) is 23.4 Å². The lowest BCUT2D eigenvalue weighted by molar-refractivity contribution is -0.427. The van der Waals surface area contributed by atoms with Crippen molar-refractivity contribution in [3.63, 3.8) is 0 Å². The summed E-state index contributed by atoms with van der Waals surface area (Å²) in [5.41, 5.74) is -0.343. The number of halogens is 2. The maximum Gasteiger partial charge on any atom is 0.248 e. The zero-order chi connectivity index (χ0) is 9.72. The first-order valence-electron chi connectivity index (χ1n) is 3.35. The van der Waals surface area contributed by atoms with E-state index in [0.717, 1.165) is 6.92 Å². The first-order chi connectivity index (χ1) is 5.49. The molecular weight excluding hydrogens is 168 g/mol. The average molecular weight is 177 g/mol. The molecule has 0 unspecified atom stereocenters. The topological polar surface area (TPSA) is 43.1 Å². The van der Waals surface area contributed by atoms with Gasteiger partial charge in [0, 0.05) is 12.5 Å². The second kappa shape index (κ2) is 4.58. The van der Waals surface area contributed by atoms with Crippen molar-refractivity contribution in [3.8, 4) is 0 Å². The summed E-state index contributed by atoms with van der Waals surface area (Å²) in [6, 6.07) is 0. The maximum absolute atomic E-state index is 12.4. The molecule has 0 bridgehead atoms. The van der Waals surface area contributed by atoms with Crippen LogP contribution in [0.2, 0.25) is 0 Å². The van der Waals surface area contributed by atoms with E-state index in [1.807, 2.05) is 0 Å². The van der Waals surface area contributed by atoms with Crippen LogP contribution in [0.1, 0.15) is 20.3 Å². The van der Waals surface area contributed by atoms with Gasteiger partial charge in [-0.1, -0.05) is 6.92 Å². The lowest BCUT2D eigenvalue weighted by Gasteiger charge is -1.92. The van der Waals surface area contributed by atoms with Gasteiger partial charge in [-0.2, -0.15) is 0 Å². The third-order valence-electron chi connectivity index (χ3n) is 1.22. The fourth-order valence-electron chi connectivity index (χ4n) is 0.530. The molecule has 12 heavy (non-hydrogen) atoms. The van der Waals surface area contributed by atoms with Crippen molar-refractivity contribution >= 4 is 0 Å². The summed E-state index contributed by atoms with van der Waals surface area (Å²) >= 11 is 0. The molecule has 0 aliphatic heterocycles. The number of nitrogens with zero attached hydrogens (tertiary/aromatic N) is 1. The van der Waals surface area contributed by atoms with Gasteiger partial charge in [0.15, 0.2) is 5.83 Å². The van der Waals surface area contributed by atoms with E-state index in [1.54, 1.807) is 0 Å². The smallest absolute Gasteiger partial charge is 0.248 e. The van der Waals surface area contributed by atoms with Gasteiger partial charge >= 0.3 is 0 Å². The molecule has 0 aliphatic rings. The van der Waals surface area contributed by atoms with Crippen molar-refractivity contribution < 1.29 is 13.7 Å². The molecule has 0 aromatic carbocycles. The number of hydrogen-bond acceptors (Lipinski definition) is 2. The highest BCUT2D eigenvalue weighted by Crippen LogP contribution is 2.12. The fraction of sp³-hybridized carbons (Fsp3) is 0.429. The normalized spacial score (nSPS) is 14.2. The standard InChI is InChI=1S/C7H9F2NO2/c1-3-6(10(11)12)4-7(9)5(2)8/h4H,3H2,1-2H3/b6-4+,7-5-. The Kier molecular flexibility index (Phi) is 4.10. The van der Waals surface area contributed by atoms with E-state index in [4.69, 9.17) is 0 Å². The van der Waals surface area contributed by atoms with E-state index < -0.39 is 16.6 Å². The molecule has 0 heterocycles. The minimum atomic E-state index is -1.19. The highest BCUT2D eigenvalue weighted by Gasteiger charge is 2.09. The van der Waals surface area contributed by atoms with Crippen LogP contribution in [-0.4, -0.2) is 4.92 Å². The highest BCUT2D eigenvalue weighted by molar-refractivity contribution is 5.16. The molecule has 5 heteroatoms. The van der Waals surface area contributed by atoms with Crippen molar-refractivity contribution in [1.29, 1.82) is 0 Å². The minimum Gasteiger partial charge on any atom is -0.259 e. The predicted molar refractivity (Wildman–Crippen MR) is 40.3 cm³/mol. The molecule has 68 valence electrons. The Balaban J connectivity index is 4.73. The van der Waals surface area contributed by atoms with Crippen molar-refractivity contribution in [2.75, 3.05) is 0 Å². The van der Waals surface area contributed by atoms with Crippen LogP contribution in [0, 0.1) is 10.1 Å². The van der Waals surface area contributed by atoms with Crippen LogP contribution >= 0.6 is 0 Å². The lowest BCUT2D eigenvalue weighted by atomic mass is 10.3. The predicted octanol–water partition coefficient (Wildman–Crippen LogP) is 2.73. The van der Waals surface area contributed by atoms with E-state index in [1.165, 1.54) is 6.92 Å². The molecule has 3 nitrogen and oxygen atoms in total. The van der Waals surface area contributed by atoms with Crippen molar-refractivity contribution in [3.05, 3.63) is 33.5 Å². The Morgan fingerprint density at radius 2 is 2.08 bits per heavy atom. The molecule has 0 saturated heterocycles. The van der Waals surface area contributed by atoms with Crippen LogP contribution < -0.4 is 0 Å². The molecule has 0 rings (SSSR count). The van der Waals surface area contributed by atoms with Gasteiger partial charge in [0.25, 0.3) is 0 Å². The second-order valence-electron chi connectivity index (χ2n) is 2.13. The maximum atomic E-state index is 12.4. The first-order valence-corrected chi connectivity index (χ1v) is 3.35. The average Bonchev–Trinajstić information content (AvgIpc) is 1.98. The zero-order valence-corrected chi connectivity index (χ0v) is 6.80. The van der Waals surface area contributed by atoms with Gasteiger partial charge in [-0.3, -0.25) is 10.1 Å². The summed E-state index contributed by atoms with van der Waals surface area (Å²) in [6.45, 7) is 2.40. The fourth-order valence-corrected chi connectivity index (χ4v) is 0.530. The van der Waals surface area contributed by atoms with E-state index in [2.05, 4.69) is 0 Å². The SMILES string of the molecule is CC/C(=C\C(F)=C(/C)F)[N+](=O)[O-]. The third-order valence-corrected chi connectivity index (χ3v) is 1.22. The van der Waals surface area contributed by atoms with Gasteiger partial charge in [-0.15, -0.1) is 0 Å². The quantitative estimate of drug-likeness (QED) is 0.378. The number of nitro groups is 1. The number of allylic oxidation sites excluding steroid dienone is 4. The largest absolute Gasteiger partial charge is 0.259 e.